The van der Waals surface area contributed by atoms with E-state index in [4.69, 9.17) is 90.0 Å². The number of rotatable bonds is 11. The highest BCUT2D eigenvalue weighted by atomic mass is 79.9. The molecule has 356 valence electrons. The van der Waals surface area contributed by atoms with Crippen LogP contribution in [0.25, 0.3) is 0 Å². The number of ether oxygens (including phenoxy) is 1. The molecule has 0 spiro atoms. The van der Waals surface area contributed by atoms with Crippen LogP contribution in [0.5, 0.6) is 5.75 Å². The minimum Gasteiger partial charge on any atom is -0.506 e. The third-order valence-corrected chi connectivity index (χ3v) is 10.3. The van der Waals surface area contributed by atoms with E-state index in [0.717, 1.165) is 23.7 Å². The molecule has 0 saturated carbocycles. The molecule has 1 heterocycles. The Kier molecular flexibility index (Phi) is 31.3. The van der Waals surface area contributed by atoms with Gasteiger partial charge in [-0.2, -0.15) is 25.5 Å². The molecule has 2 amide bonds. The summed E-state index contributed by atoms with van der Waals surface area (Å²) in [6.07, 6.45) is -0.578. The van der Waals surface area contributed by atoms with Crippen LogP contribution in [0.3, 0.4) is 0 Å². The summed E-state index contributed by atoms with van der Waals surface area (Å²) in [5.74, 6) is 5.62. The SMILES string of the molecule is CC(Cl)(Cl)C(=O)O.CCN(CC)C(=O)SCc1ccc(Cl)cc1.CCNc1nc(Cl)nc(NC(C)(C)C#N)n1.N#Cc1cc(Br)c(O)c(Br)c1.O=C(Nc1cccc(Cl)c1)OCC#CCCl. The number of hydrogen-bond acceptors (Lipinski definition) is 13. The number of nitrogens with zero attached hydrogens (tertiary/aromatic N) is 6. The normalized spacial score (nSPS) is 9.94. The van der Waals surface area contributed by atoms with Crippen molar-refractivity contribution < 1.29 is 29.3 Å². The topological polar surface area (TPSA) is 226 Å². The molecule has 0 unspecified atom stereocenters. The van der Waals surface area contributed by atoms with Crippen molar-refractivity contribution in [2.24, 2.45) is 0 Å². The summed E-state index contributed by atoms with van der Waals surface area (Å²) in [5, 5.41) is 44.4. The molecule has 1 aromatic heterocycles. The first-order valence-corrected chi connectivity index (χ1v) is 23.9. The predicted octanol–water partition coefficient (Wildman–Crippen LogP) is 12.9. The van der Waals surface area contributed by atoms with E-state index in [1.54, 1.807) is 50.2 Å². The monoisotopic (exact) mass is 1170 g/mol. The Morgan fingerprint density at radius 3 is 1.94 bits per heavy atom. The Morgan fingerprint density at radius 2 is 1.45 bits per heavy atom. The summed E-state index contributed by atoms with van der Waals surface area (Å²) < 4.78 is 4.16. The second kappa shape index (κ2) is 33.4. The van der Waals surface area contributed by atoms with Crippen LogP contribution in [0.2, 0.25) is 15.3 Å². The third-order valence-electron chi connectivity index (χ3n) is 7.00. The smallest absolute Gasteiger partial charge is 0.412 e. The summed E-state index contributed by atoms with van der Waals surface area (Å²) in [4.78, 5) is 46.4. The predicted molar refractivity (Wildman–Crippen MR) is 274 cm³/mol. The number of carbonyl (C=O) groups excluding carboxylic acids is 2. The van der Waals surface area contributed by atoms with Crippen LogP contribution in [0, 0.1) is 34.5 Å². The number of phenolic OH excluding ortho intramolecular Hbond substituents is 1. The molecule has 0 saturated heterocycles. The highest BCUT2D eigenvalue weighted by molar-refractivity contribution is 9.11. The van der Waals surface area contributed by atoms with Gasteiger partial charge < -0.3 is 30.5 Å². The number of aliphatic carboxylic acids is 1. The molecule has 3 aromatic carbocycles. The fourth-order valence-corrected chi connectivity index (χ4v) is 6.48. The molecule has 0 fully saturated rings. The molecule has 4 rings (SSSR count). The van der Waals surface area contributed by atoms with Gasteiger partial charge in [-0.3, -0.25) is 10.1 Å². The second-order valence-electron chi connectivity index (χ2n) is 12.8. The van der Waals surface area contributed by atoms with Crippen LogP contribution < -0.4 is 16.0 Å². The molecule has 0 radical (unpaired) electrons. The highest BCUT2D eigenvalue weighted by Gasteiger charge is 2.25. The number of thioether (sulfide) groups is 1. The van der Waals surface area contributed by atoms with Crippen LogP contribution in [0.1, 0.15) is 52.7 Å². The first kappa shape index (κ1) is 61.9. The van der Waals surface area contributed by atoms with Gasteiger partial charge in [0.1, 0.15) is 11.3 Å². The fourth-order valence-electron chi connectivity index (χ4n) is 3.80. The zero-order valence-corrected chi connectivity index (χ0v) is 44.7. The number of phenols is 1. The Hall–Kier alpha value is -4.13. The molecule has 0 aliphatic heterocycles. The quantitative estimate of drug-likeness (QED) is 0.0696. The number of carboxylic acids is 1. The zero-order valence-electron chi connectivity index (χ0n) is 36.2. The van der Waals surface area contributed by atoms with E-state index in [0.29, 0.717) is 43.5 Å². The molecule has 0 aliphatic carbocycles. The minimum absolute atomic E-state index is 0.0130. The number of carbonyl (C=O) groups is 3. The zero-order chi connectivity index (χ0) is 50.5. The molecule has 15 nitrogen and oxygen atoms in total. The van der Waals surface area contributed by atoms with Crippen LogP contribution in [0.15, 0.2) is 69.6 Å². The number of aromatic nitrogens is 3. The van der Waals surface area contributed by atoms with Crippen molar-refractivity contribution in [2.75, 3.05) is 48.1 Å². The van der Waals surface area contributed by atoms with Crippen molar-refractivity contribution in [3.8, 4) is 29.7 Å². The Bertz CT molecular complexity index is 2300. The Balaban J connectivity index is 0.000000820. The first-order valence-electron chi connectivity index (χ1n) is 18.9. The molecule has 0 aliphatic rings. The fraction of sp³-hybridized carbons (Fsp3) is 0.333. The summed E-state index contributed by atoms with van der Waals surface area (Å²) in [6.45, 7) is 12.8. The molecule has 24 heteroatoms. The van der Waals surface area contributed by atoms with Crippen LogP contribution >= 0.6 is 113 Å². The number of nitrogens with one attached hydrogen (secondary N) is 3. The summed E-state index contributed by atoms with van der Waals surface area (Å²) in [5.41, 5.74) is 1.44. The van der Waals surface area contributed by atoms with Crippen LogP contribution in [-0.4, -0.2) is 89.4 Å². The lowest BCUT2D eigenvalue weighted by Crippen LogP contribution is -2.29. The average Bonchev–Trinajstić information content (AvgIpc) is 3.25. The number of anilines is 3. The number of benzene rings is 3. The van der Waals surface area contributed by atoms with Gasteiger partial charge in [-0.25, -0.2) is 9.59 Å². The van der Waals surface area contributed by atoms with E-state index in [1.165, 1.54) is 18.7 Å². The maximum absolute atomic E-state index is 11.7. The first-order chi connectivity index (χ1) is 30.9. The number of halogens is 8. The van der Waals surface area contributed by atoms with Gasteiger partial charge >= 0.3 is 12.1 Å². The summed E-state index contributed by atoms with van der Waals surface area (Å²) in [7, 11) is 0. The van der Waals surface area contributed by atoms with E-state index in [9.17, 15) is 19.5 Å². The standard InChI is InChI=1S/C12H16ClNOS.C11H9Cl2NO2.C9H13ClN6.C7H3Br2NO.C3H4Cl2O2/c1-3-14(4-2)12(15)16-9-10-5-7-11(13)8-6-10;12-6-1-2-7-16-11(15)14-10-5-3-4-9(13)8-10;1-4-12-7-13-6(10)14-8(15-7)16-9(2,3)5-11;8-5-1-4(3-10)2-6(9)7(5)11;1-3(4,5)2(6)7/h5-8H,3-4,9H2,1-2H3;3-5,8H,6-7H2,(H,14,15);4H2,1-3H3,(H2,12,13,14,15,16);1-2,11H;1H3,(H,6,7). The number of alkyl halides is 3. The number of carboxylic acid groups (broad SMARTS) is 1. The molecule has 5 N–H and O–H groups in total. The maximum atomic E-state index is 11.7. The molecule has 0 atom stereocenters. The number of hydrogen-bond donors (Lipinski definition) is 5. The lowest BCUT2D eigenvalue weighted by Gasteiger charge is -2.17. The Morgan fingerprint density at radius 1 is 0.879 bits per heavy atom. The van der Waals surface area contributed by atoms with E-state index in [-0.39, 0.29) is 34.7 Å². The highest BCUT2D eigenvalue weighted by Crippen LogP contribution is 2.33. The molecular weight excluding hydrogens is 1130 g/mol. The van der Waals surface area contributed by atoms with Crippen molar-refractivity contribution in [1.29, 1.82) is 10.5 Å². The molecule has 66 heavy (non-hydrogen) atoms. The van der Waals surface area contributed by atoms with Gasteiger partial charge in [-0.1, -0.05) is 88.2 Å². The lowest BCUT2D eigenvalue weighted by atomic mass is 10.1. The van der Waals surface area contributed by atoms with Crippen molar-refractivity contribution in [3.63, 3.8) is 0 Å². The van der Waals surface area contributed by atoms with Gasteiger partial charge in [0.2, 0.25) is 21.5 Å². The lowest BCUT2D eigenvalue weighted by molar-refractivity contribution is -0.137. The van der Waals surface area contributed by atoms with Gasteiger partial charge in [0.05, 0.1) is 32.5 Å². The Labute approximate surface area is 435 Å². The second-order valence-corrected chi connectivity index (χ2v) is 18.6. The van der Waals surface area contributed by atoms with Crippen LogP contribution in [-0.2, 0) is 15.3 Å². The van der Waals surface area contributed by atoms with Gasteiger partial charge in [0, 0.05) is 41.1 Å². The van der Waals surface area contributed by atoms with Crippen LogP contribution in [0.4, 0.5) is 27.2 Å². The number of aromatic hydroxyl groups is 1. The maximum Gasteiger partial charge on any atom is 0.412 e. The third kappa shape index (κ3) is 28.1. The average molecular weight is 1180 g/mol. The van der Waals surface area contributed by atoms with Crippen molar-refractivity contribution in [2.45, 2.75) is 57.2 Å². The number of nitriles is 2. The van der Waals surface area contributed by atoms with E-state index >= 15 is 0 Å². The number of amides is 2. The molecule has 4 aromatic rings. The van der Waals surface area contributed by atoms with E-state index < -0.39 is 21.9 Å². The van der Waals surface area contributed by atoms with Gasteiger partial charge in [0.15, 0.2) is 6.61 Å². The van der Waals surface area contributed by atoms with E-state index in [2.05, 4.69) is 80.7 Å². The van der Waals surface area contributed by atoms with Gasteiger partial charge in [-0.05, 0) is 133 Å². The van der Waals surface area contributed by atoms with Crippen molar-refractivity contribution >= 4 is 148 Å². The minimum atomic E-state index is -1.64. The van der Waals surface area contributed by atoms with Gasteiger partial charge in [-0.15, -0.1) is 11.6 Å². The molecule has 0 bridgehead atoms. The van der Waals surface area contributed by atoms with E-state index in [1.807, 2.05) is 56.0 Å². The summed E-state index contributed by atoms with van der Waals surface area (Å²) >= 11 is 40.2. The van der Waals surface area contributed by atoms with Gasteiger partial charge in [0.25, 0.3) is 5.24 Å². The van der Waals surface area contributed by atoms with Crippen molar-refractivity contribution in [1.82, 2.24) is 19.9 Å². The largest absolute Gasteiger partial charge is 0.506 e. The summed E-state index contributed by atoms with van der Waals surface area (Å²) in [6, 6.07) is 21.5. The van der Waals surface area contributed by atoms with Crippen molar-refractivity contribution in [3.05, 3.63) is 96.1 Å². The molecular formula is C42H45Br2Cl6N9O6S.